The molecule has 0 spiro atoms. The second kappa shape index (κ2) is 8.40. The Balaban J connectivity index is 1.51. The molecule has 2 heterocycles. The van der Waals surface area contributed by atoms with Gasteiger partial charge in [-0.3, -0.25) is 0 Å². The molecule has 1 aliphatic carbocycles. The number of hydrogen-bond acceptors (Lipinski definition) is 7. The van der Waals surface area contributed by atoms with Gasteiger partial charge in [-0.25, -0.2) is 19.0 Å². The first kappa shape index (κ1) is 21.8. The van der Waals surface area contributed by atoms with E-state index >= 15 is 0 Å². The van der Waals surface area contributed by atoms with Gasteiger partial charge in [0.05, 0.1) is 12.8 Å². The van der Waals surface area contributed by atoms with Gasteiger partial charge >= 0.3 is 0 Å². The van der Waals surface area contributed by atoms with Crippen molar-refractivity contribution in [3.8, 4) is 11.4 Å². The monoisotopic (exact) mass is 459 g/mol. The maximum absolute atomic E-state index is 13.6. The number of aryl methyl sites for hydroxylation is 1. The van der Waals surface area contributed by atoms with E-state index in [0.717, 1.165) is 46.9 Å². The maximum Gasteiger partial charge on any atom is 0.229 e. The minimum absolute atomic E-state index is 0.245. The number of hydrogen-bond donors (Lipinski definition) is 2. The first-order chi connectivity index (χ1) is 16.4. The normalized spacial score (nSPS) is 16.9. The second-order valence-electron chi connectivity index (χ2n) is 8.56. The van der Waals surface area contributed by atoms with Crippen LogP contribution in [0.3, 0.4) is 0 Å². The van der Waals surface area contributed by atoms with Crippen LogP contribution in [0.5, 0.6) is 5.75 Å². The molecule has 0 saturated heterocycles. The largest absolute Gasteiger partial charge is 0.494 e. The van der Waals surface area contributed by atoms with E-state index in [9.17, 15) is 4.39 Å². The Labute approximate surface area is 197 Å². The number of aromatic nitrogens is 5. The first-order valence-electron chi connectivity index (χ1n) is 11.1. The molecule has 9 heteroatoms. The summed E-state index contributed by atoms with van der Waals surface area (Å²) in [5, 5.41) is 10.9. The fraction of sp³-hybridized carbons (Fsp3) is 0.280. The Morgan fingerprint density at radius 3 is 2.59 bits per heavy atom. The summed E-state index contributed by atoms with van der Waals surface area (Å²) >= 11 is 0. The van der Waals surface area contributed by atoms with Gasteiger partial charge in [-0.15, -0.1) is 0 Å². The van der Waals surface area contributed by atoms with Crippen LogP contribution in [0.25, 0.3) is 5.69 Å². The molecular formula is C25H26FN7O. The summed E-state index contributed by atoms with van der Waals surface area (Å²) in [6, 6.07) is 12.4. The Morgan fingerprint density at radius 2 is 1.91 bits per heavy atom. The summed E-state index contributed by atoms with van der Waals surface area (Å²) in [6.45, 7) is 3.99. The van der Waals surface area contributed by atoms with Gasteiger partial charge in [-0.05, 0) is 56.5 Å². The lowest BCUT2D eigenvalue weighted by atomic mass is 9.80. The molecule has 0 unspecified atom stereocenters. The summed E-state index contributed by atoms with van der Waals surface area (Å²) in [5.74, 6) is 2.34. The molecule has 174 valence electrons. The Bertz CT molecular complexity index is 1350. The van der Waals surface area contributed by atoms with E-state index in [0.29, 0.717) is 17.5 Å². The lowest BCUT2D eigenvalue weighted by molar-refractivity contribution is 0.412. The number of rotatable bonds is 6. The molecule has 2 aromatic carbocycles. The minimum Gasteiger partial charge on any atom is -0.494 e. The summed E-state index contributed by atoms with van der Waals surface area (Å²) < 4.78 is 20.8. The number of ether oxygens (including phenoxy) is 1. The van der Waals surface area contributed by atoms with Crippen LogP contribution in [-0.2, 0) is 11.8 Å². The van der Waals surface area contributed by atoms with E-state index in [1.165, 1.54) is 12.1 Å². The predicted octanol–water partition coefficient (Wildman–Crippen LogP) is 4.55. The molecule has 8 nitrogen and oxygen atoms in total. The van der Waals surface area contributed by atoms with Gasteiger partial charge in [-0.1, -0.05) is 12.1 Å². The molecule has 2 N–H and O–H groups in total. The summed E-state index contributed by atoms with van der Waals surface area (Å²) in [7, 11) is 3.48. The van der Waals surface area contributed by atoms with Crippen LogP contribution in [0.2, 0.25) is 0 Å². The van der Waals surface area contributed by atoms with Gasteiger partial charge < -0.3 is 15.4 Å². The van der Waals surface area contributed by atoms with Crippen LogP contribution >= 0.6 is 0 Å². The molecule has 2 aromatic heterocycles. The van der Waals surface area contributed by atoms with Gasteiger partial charge in [0.25, 0.3) is 0 Å². The number of anilines is 3. The number of methoxy groups -OCH3 is 1. The summed E-state index contributed by atoms with van der Waals surface area (Å²) in [4.78, 5) is 13.8. The van der Waals surface area contributed by atoms with E-state index in [4.69, 9.17) is 14.7 Å². The highest BCUT2D eigenvalue weighted by atomic mass is 19.1. The molecule has 1 aliphatic rings. The molecule has 0 radical (unpaired) electrons. The zero-order valence-corrected chi connectivity index (χ0v) is 19.6. The quantitative estimate of drug-likeness (QED) is 0.437. The standard InChI is InChI=1S/C25H26FN7O/c1-15-28-14-33(32-15)20-10-9-18(13-21(20)34-4)29-24-30-22-19(23(27-3)31-24)11-12-25(22,2)16-5-7-17(26)8-6-16/h5-10,13-14H,11-12H2,1-4H3,(H2,27,29,30,31)/t25-/m0/s1. The van der Waals surface area contributed by atoms with Crippen LogP contribution in [0.4, 0.5) is 21.8 Å². The van der Waals surface area contributed by atoms with Gasteiger partial charge in [-0.2, -0.15) is 10.1 Å². The zero-order valence-electron chi connectivity index (χ0n) is 19.6. The van der Waals surface area contributed by atoms with Crippen LogP contribution in [0, 0.1) is 12.7 Å². The molecule has 0 saturated carbocycles. The van der Waals surface area contributed by atoms with E-state index < -0.39 is 0 Å². The molecule has 4 aromatic rings. The van der Waals surface area contributed by atoms with Crippen molar-refractivity contribution >= 4 is 17.5 Å². The number of benzene rings is 2. The third kappa shape index (κ3) is 3.72. The number of halogens is 1. The molecule has 0 bridgehead atoms. The van der Waals surface area contributed by atoms with Gasteiger partial charge in [0.15, 0.2) is 0 Å². The van der Waals surface area contributed by atoms with Crippen LogP contribution in [-0.4, -0.2) is 38.9 Å². The van der Waals surface area contributed by atoms with Crippen LogP contribution < -0.4 is 15.4 Å². The van der Waals surface area contributed by atoms with Crippen molar-refractivity contribution in [2.75, 3.05) is 24.8 Å². The minimum atomic E-state index is -0.333. The fourth-order valence-corrected chi connectivity index (χ4v) is 4.57. The highest BCUT2D eigenvalue weighted by molar-refractivity contribution is 5.64. The number of nitrogens with one attached hydrogen (secondary N) is 2. The predicted molar refractivity (Wildman–Crippen MR) is 129 cm³/mol. The SMILES string of the molecule is CNc1nc(Nc2ccc(-n3cnc(C)n3)c(OC)c2)nc2c1CC[C@@]2(C)c1ccc(F)cc1. The number of fused-ring (bicyclic) bond motifs is 1. The molecule has 0 amide bonds. The molecule has 0 fully saturated rings. The Morgan fingerprint density at radius 1 is 1.12 bits per heavy atom. The summed E-state index contributed by atoms with van der Waals surface area (Å²) in [6.07, 6.45) is 3.37. The van der Waals surface area contributed by atoms with Crippen molar-refractivity contribution in [3.05, 3.63) is 77.3 Å². The van der Waals surface area contributed by atoms with E-state index in [1.54, 1.807) is 18.1 Å². The lowest BCUT2D eigenvalue weighted by Gasteiger charge is -2.25. The van der Waals surface area contributed by atoms with Gasteiger partial charge in [0, 0.05) is 29.8 Å². The molecule has 34 heavy (non-hydrogen) atoms. The Kier molecular flexibility index (Phi) is 5.39. The highest BCUT2D eigenvalue weighted by Crippen LogP contribution is 2.45. The topological polar surface area (TPSA) is 89.8 Å². The third-order valence-corrected chi connectivity index (χ3v) is 6.41. The van der Waals surface area contributed by atoms with Crippen molar-refractivity contribution in [3.63, 3.8) is 0 Å². The number of nitrogens with zero attached hydrogens (tertiary/aromatic N) is 5. The molecule has 5 rings (SSSR count). The van der Waals surface area contributed by atoms with E-state index in [2.05, 4.69) is 27.6 Å². The van der Waals surface area contributed by atoms with Crippen molar-refractivity contribution in [2.24, 2.45) is 0 Å². The lowest BCUT2D eigenvalue weighted by Crippen LogP contribution is -2.22. The Hall–Kier alpha value is -4.01. The van der Waals surface area contributed by atoms with Crippen molar-refractivity contribution < 1.29 is 9.13 Å². The first-order valence-corrected chi connectivity index (χ1v) is 11.1. The van der Waals surface area contributed by atoms with Crippen LogP contribution in [0.15, 0.2) is 48.8 Å². The molecule has 1 atom stereocenters. The van der Waals surface area contributed by atoms with Crippen LogP contribution in [0.1, 0.15) is 36.0 Å². The average Bonchev–Trinajstić information content (AvgIpc) is 3.43. The highest BCUT2D eigenvalue weighted by Gasteiger charge is 2.39. The molecule has 0 aliphatic heterocycles. The fourth-order valence-electron chi connectivity index (χ4n) is 4.57. The van der Waals surface area contributed by atoms with Crippen molar-refractivity contribution in [1.29, 1.82) is 0 Å². The molecular weight excluding hydrogens is 433 g/mol. The zero-order chi connectivity index (χ0) is 23.9. The van der Waals surface area contributed by atoms with Gasteiger partial charge in [0.2, 0.25) is 5.95 Å². The smallest absolute Gasteiger partial charge is 0.229 e. The van der Waals surface area contributed by atoms with E-state index in [1.807, 2.05) is 44.3 Å². The average molecular weight is 460 g/mol. The van der Waals surface area contributed by atoms with Gasteiger partial charge in [0.1, 0.15) is 35.2 Å². The maximum atomic E-state index is 13.6. The van der Waals surface area contributed by atoms with Crippen molar-refractivity contribution in [2.45, 2.75) is 32.1 Å². The van der Waals surface area contributed by atoms with Crippen molar-refractivity contribution in [1.82, 2.24) is 24.7 Å². The summed E-state index contributed by atoms with van der Waals surface area (Å²) in [5.41, 5.74) is 4.30. The van der Waals surface area contributed by atoms with E-state index in [-0.39, 0.29) is 11.2 Å². The third-order valence-electron chi connectivity index (χ3n) is 6.41. The second-order valence-corrected chi connectivity index (χ2v) is 8.56.